The first-order valence-corrected chi connectivity index (χ1v) is 12.3. The minimum atomic E-state index is -0.0889. The summed E-state index contributed by atoms with van der Waals surface area (Å²) in [7, 11) is 0. The van der Waals surface area contributed by atoms with Crippen LogP contribution in [0.3, 0.4) is 0 Å². The van der Waals surface area contributed by atoms with Crippen molar-refractivity contribution < 1.29 is 14.3 Å². The summed E-state index contributed by atoms with van der Waals surface area (Å²) in [6.45, 7) is 5.66. The van der Waals surface area contributed by atoms with E-state index in [-0.39, 0.29) is 5.91 Å². The Hall–Kier alpha value is -3.31. The third-order valence-electron chi connectivity index (χ3n) is 5.98. The van der Waals surface area contributed by atoms with E-state index < -0.39 is 0 Å². The summed E-state index contributed by atoms with van der Waals surface area (Å²) in [4.78, 5) is 12.9. The van der Waals surface area contributed by atoms with Crippen molar-refractivity contribution in [1.29, 1.82) is 0 Å². The van der Waals surface area contributed by atoms with Crippen LogP contribution in [0.4, 0.5) is 0 Å². The molecule has 5 nitrogen and oxygen atoms in total. The lowest BCUT2D eigenvalue weighted by molar-refractivity contribution is 0.0950. The average Bonchev–Trinajstić information content (AvgIpc) is 2.86. The first-order valence-electron chi connectivity index (χ1n) is 12.3. The smallest absolute Gasteiger partial charge is 0.251 e. The SMILES string of the molecule is CCOc1ccc(CNC(=O)c2ccc3c(c2)Cc2cccc(c2)CNCCCCCO3)cc1. The van der Waals surface area contributed by atoms with E-state index in [0.717, 1.165) is 61.4 Å². The summed E-state index contributed by atoms with van der Waals surface area (Å²) in [5, 5.41) is 6.56. The lowest BCUT2D eigenvalue weighted by atomic mass is 9.99. The molecule has 3 aromatic carbocycles. The second-order valence-electron chi connectivity index (χ2n) is 8.66. The van der Waals surface area contributed by atoms with Gasteiger partial charge in [-0.1, -0.05) is 36.4 Å². The van der Waals surface area contributed by atoms with E-state index in [9.17, 15) is 4.79 Å². The molecular weight excluding hydrogens is 424 g/mol. The van der Waals surface area contributed by atoms with Crippen LogP contribution in [0.5, 0.6) is 11.5 Å². The van der Waals surface area contributed by atoms with Crippen LogP contribution in [0, 0.1) is 0 Å². The van der Waals surface area contributed by atoms with Crippen molar-refractivity contribution >= 4 is 5.91 Å². The Morgan fingerprint density at radius 2 is 1.85 bits per heavy atom. The number of ether oxygens (including phenoxy) is 2. The number of amides is 1. The topological polar surface area (TPSA) is 59.6 Å². The normalized spacial score (nSPS) is 14.3. The van der Waals surface area contributed by atoms with E-state index in [0.29, 0.717) is 25.3 Å². The molecule has 34 heavy (non-hydrogen) atoms. The fourth-order valence-electron chi connectivity index (χ4n) is 4.17. The van der Waals surface area contributed by atoms with E-state index in [2.05, 4.69) is 34.9 Å². The number of rotatable bonds is 5. The Labute approximate surface area is 202 Å². The molecule has 1 aliphatic rings. The van der Waals surface area contributed by atoms with Crippen LogP contribution < -0.4 is 20.1 Å². The van der Waals surface area contributed by atoms with Gasteiger partial charge >= 0.3 is 0 Å². The van der Waals surface area contributed by atoms with Gasteiger partial charge in [0.2, 0.25) is 0 Å². The monoisotopic (exact) mass is 458 g/mol. The van der Waals surface area contributed by atoms with Crippen molar-refractivity contribution in [2.24, 2.45) is 0 Å². The van der Waals surface area contributed by atoms with Gasteiger partial charge in [0.05, 0.1) is 13.2 Å². The lowest BCUT2D eigenvalue weighted by Crippen LogP contribution is -2.23. The highest BCUT2D eigenvalue weighted by Gasteiger charge is 2.12. The van der Waals surface area contributed by atoms with Crippen LogP contribution in [-0.2, 0) is 19.5 Å². The van der Waals surface area contributed by atoms with E-state index in [1.54, 1.807) is 0 Å². The molecule has 0 aromatic heterocycles. The zero-order valence-electron chi connectivity index (χ0n) is 19.9. The van der Waals surface area contributed by atoms with Gasteiger partial charge in [0, 0.05) is 25.1 Å². The summed E-state index contributed by atoms with van der Waals surface area (Å²) in [6, 6.07) is 22.2. The molecule has 2 bridgehead atoms. The van der Waals surface area contributed by atoms with Gasteiger partial charge in [0.15, 0.2) is 0 Å². The van der Waals surface area contributed by atoms with Gasteiger partial charge in [-0.05, 0) is 85.3 Å². The Morgan fingerprint density at radius 1 is 1.00 bits per heavy atom. The van der Waals surface area contributed by atoms with Crippen LogP contribution in [0.1, 0.15) is 58.8 Å². The second kappa shape index (κ2) is 12.2. The van der Waals surface area contributed by atoms with Crippen LogP contribution in [0.15, 0.2) is 66.7 Å². The van der Waals surface area contributed by atoms with Crippen molar-refractivity contribution in [3.05, 3.63) is 94.5 Å². The largest absolute Gasteiger partial charge is 0.494 e. The zero-order valence-corrected chi connectivity index (χ0v) is 19.9. The van der Waals surface area contributed by atoms with Crippen LogP contribution in [-0.4, -0.2) is 25.7 Å². The van der Waals surface area contributed by atoms with Crippen molar-refractivity contribution in [1.82, 2.24) is 10.6 Å². The van der Waals surface area contributed by atoms with Crippen LogP contribution in [0.25, 0.3) is 0 Å². The molecule has 1 heterocycles. The van der Waals surface area contributed by atoms with Crippen molar-refractivity contribution in [3.8, 4) is 11.5 Å². The van der Waals surface area contributed by atoms with Gasteiger partial charge in [-0.15, -0.1) is 0 Å². The standard InChI is InChI=1S/C29H34N2O3/c1-2-33-27-12-9-22(10-13-27)21-31-29(32)25-11-14-28-26(19-25)18-23-7-6-8-24(17-23)20-30-15-4-3-5-16-34-28/h6-14,17,19,30H,2-5,15-16,18,20-21H2,1H3,(H,31,32). The van der Waals surface area contributed by atoms with Crippen molar-refractivity contribution in [2.45, 2.75) is 45.7 Å². The van der Waals surface area contributed by atoms with E-state index >= 15 is 0 Å². The van der Waals surface area contributed by atoms with Gasteiger partial charge in [-0.25, -0.2) is 0 Å². The zero-order chi connectivity index (χ0) is 23.6. The minimum absolute atomic E-state index is 0.0889. The predicted octanol–water partition coefficient (Wildman–Crippen LogP) is 5.26. The molecule has 2 N–H and O–H groups in total. The molecule has 0 spiro atoms. The molecule has 0 atom stereocenters. The highest BCUT2D eigenvalue weighted by atomic mass is 16.5. The predicted molar refractivity (Wildman–Crippen MR) is 136 cm³/mol. The van der Waals surface area contributed by atoms with Gasteiger partial charge in [0.1, 0.15) is 11.5 Å². The summed E-state index contributed by atoms with van der Waals surface area (Å²) in [6.07, 6.45) is 4.03. The van der Waals surface area contributed by atoms with Crippen molar-refractivity contribution in [2.75, 3.05) is 19.8 Å². The van der Waals surface area contributed by atoms with Gasteiger partial charge in [-0.2, -0.15) is 0 Å². The number of hydrogen-bond donors (Lipinski definition) is 2. The highest BCUT2D eigenvalue weighted by molar-refractivity contribution is 5.94. The average molecular weight is 459 g/mol. The molecule has 0 unspecified atom stereocenters. The second-order valence-corrected chi connectivity index (χ2v) is 8.66. The fourth-order valence-corrected chi connectivity index (χ4v) is 4.17. The molecule has 178 valence electrons. The maximum atomic E-state index is 12.9. The number of benzene rings is 3. The van der Waals surface area contributed by atoms with Gasteiger partial charge in [0.25, 0.3) is 5.91 Å². The first kappa shape index (κ1) is 23.8. The molecule has 1 aliphatic heterocycles. The number of carbonyl (C=O) groups is 1. The van der Waals surface area contributed by atoms with Crippen LogP contribution >= 0.6 is 0 Å². The van der Waals surface area contributed by atoms with E-state index in [1.165, 1.54) is 11.1 Å². The van der Waals surface area contributed by atoms with Crippen molar-refractivity contribution in [3.63, 3.8) is 0 Å². The molecule has 1 amide bonds. The highest BCUT2D eigenvalue weighted by Crippen LogP contribution is 2.25. The molecule has 0 saturated carbocycles. The molecule has 0 radical (unpaired) electrons. The number of nitrogens with one attached hydrogen (secondary N) is 2. The van der Waals surface area contributed by atoms with Gasteiger partial charge in [-0.3, -0.25) is 4.79 Å². The quantitative estimate of drug-likeness (QED) is 0.548. The Bertz CT molecular complexity index is 1080. The summed E-state index contributed by atoms with van der Waals surface area (Å²) >= 11 is 0. The molecule has 0 aliphatic carbocycles. The molecule has 0 saturated heterocycles. The van der Waals surface area contributed by atoms with Crippen LogP contribution in [0.2, 0.25) is 0 Å². The number of hydrogen-bond acceptors (Lipinski definition) is 4. The minimum Gasteiger partial charge on any atom is -0.494 e. The Kier molecular flexibility index (Phi) is 8.58. The Balaban J connectivity index is 1.49. The third kappa shape index (κ3) is 6.84. The molecule has 0 fully saturated rings. The first-order chi connectivity index (χ1) is 16.7. The van der Waals surface area contributed by atoms with E-state index in [4.69, 9.17) is 9.47 Å². The molecule has 5 heteroatoms. The number of fused-ring (bicyclic) bond motifs is 3. The molecular formula is C29H34N2O3. The van der Waals surface area contributed by atoms with Gasteiger partial charge < -0.3 is 20.1 Å². The lowest BCUT2D eigenvalue weighted by Gasteiger charge is -2.15. The number of carbonyl (C=O) groups excluding carboxylic acids is 1. The molecule has 4 rings (SSSR count). The Morgan fingerprint density at radius 3 is 2.71 bits per heavy atom. The molecule has 3 aromatic rings. The summed E-state index contributed by atoms with van der Waals surface area (Å²) < 4.78 is 11.6. The fraction of sp³-hybridized carbons (Fsp3) is 0.345. The maximum Gasteiger partial charge on any atom is 0.251 e. The van der Waals surface area contributed by atoms with E-state index in [1.807, 2.05) is 49.4 Å². The maximum absolute atomic E-state index is 12.9. The third-order valence-corrected chi connectivity index (χ3v) is 5.98. The summed E-state index contributed by atoms with van der Waals surface area (Å²) in [5.74, 6) is 1.61. The summed E-state index contributed by atoms with van der Waals surface area (Å²) in [5.41, 5.74) is 5.21.